The monoisotopic (exact) mass is 512 g/mol. The SMILES string of the molecule is c1ccc(-c2ccc(N(c3ccc4c(ccc5ccccc54)c3)c3ccc4oc5cccnc5c4c3)cc2)cc1. The van der Waals surface area contributed by atoms with Crippen LogP contribution >= 0.6 is 0 Å². The van der Waals surface area contributed by atoms with E-state index in [4.69, 9.17) is 4.42 Å². The highest BCUT2D eigenvalue weighted by molar-refractivity contribution is 6.09. The first-order valence-electron chi connectivity index (χ1n) is 13.5. The Balaban J connectivity index is 1.32. The minimum atomic E-state index is 0.797. The second kappa shape index (κ2) is 9.11. The van der Waals surface area contributed by atoms with Gasteiger partial charge in [-0.05, 0) is 87.3 Å². The Labute approximate surface area is 231 Å². The number of rotatable bonds is 4. The van der Waals surface area contributed by atoms with E-state index >= 15 is 0 Å². The Morgan fingerprint density at radius 3 is 2.05 bits per heavy atom. The molecule has 0 unspecified atom stereocenters. The Hall–Kier alpha value is -5.41. The highest BCUT2D eigenvalue weighted by Gasteiger charge is 2.17. The molecular formula is C37H24N2O. The van der Waals surface area contributed by atoms with Crippen LogP contribution in [0, 0.1) is 0 Å². The number of furan rings is 1. The van der Waals surface area contributed by atoms with Gasteiger partial charge in [-0.15, -0.1) is 0 Å². The molecule has 0 bridgehead atoms. The largest absolute Gasteiger partial charge is 0.454 e. The second-order valence-corrected chi connectivity index (χ2v) is 10.1. The fourth-order valence-corrected chi connectivity index (χ4v) is 5.75. The molecule has 0 spiro atoms. The topological polar surface area (TPSA) is 29.3 Å². The first kappa shape index (κ1) is 22.6. The minimum absolute atomic E-state index is 0.797. The summed E-state index contributed by atoms with van der Waals surface area (Å²) in [6.45, 7) is 0. The maximum absolute atomic E-state index is 6.08. The number of hydrogen-bond donors (Lipinski definition) is 0. The highest BCUT2D eigenvalue weighted by Crippen LogP contribution is 2.40. The minimum Gasteiger partial charge on any atom is -0.454 e. The number of pyridine rings is 1. The van der Waals surface area contributed by atoms with E-state index in [9.17, 15) is 0 Å². The quantitative estimate of drug-likeness (QED) is 0.220. The molecule has 0 saturated carbocycles. The fourth-order valence-electron chi connectivity index (χ4n) is 5.75. The van der Waals surface area contributed by atoms with Crippen LogP contribution in [0.3, 0.4) is 0 Å². The zero-order valence-electron chi connectivity index (χ0n) is 21.7. The second-order valence-electron chi connectivity index (χ2n) is 10.1. The van der Waals surface area contributed by atoms with Gasteiger partial charge in [0.25, 0.3) is 0 Å². The molecule has 0 radical (unpaired) electrons. The summed E-state index contributed by atoms with van der Waals surface area (Å²) in [5.41, 5.74) is 8.13. The van der Waals surface area contributed by atoms with Gasteiger partial charge in [0.1, 0.15) is 11.1 Å². The molecule has 8 rings (SSSR count). The Bertz CT molecular complexity index is 2160. The zero-order valence-corrected chi connectivity index (χ0v) is 21.7. The van der Waals surface area contributed by atoms with Crippen molar-refractivity contribution in [2.75, 3.05) is 4.90 Å². The molecule has 0 N–H and O–H groups in total. The van der Waals surface area contributed by atoms with Crippen molar-refractivity contribution in [3.63, 3.8) is 0 Å². The van der Waals surface area contributed by atoms with Crippen LogP contribution in [-0.2, 0) is 0 Å². The molecule has 0 saturated heterocycles. The molecule has 2 aromatic heterocycles. The normalized spacial score (nSPS) is 11.5. The lowest BCUT2D eigenvalue weighted by Gasteiger charge is -2.26. The molecule has 0 atom stereocenters. The Kier molecular flexibility index (Phi) is 5.14. The van der Waals surface area contributed by atoms with Crippen LogP contribution < -0.4 is 4.90 Å². The van der Waals surface area contributed by atoms with Crippen LogP contribution in [0.2, 0.25) is 0 Å². The van der Waals surface area contributed by atoms with Gasteiger partial charge in [0.2, 0.25) is 0 Å². The lowest BCUT2D eigenvalue weighted by atomic mass is 10.0. The van der Waals surface area contributed by atoms with Crippen LogP contribution in [0.4, 0.5) is 17.1 Å². The molecule has 0 amide bonds. The van der Waals surface area contributed by atoms with Crippen molar-refractivity contribution in [2.45, 2.75) is 0 Å². The van der Waals surface area contributed by atoms with E-state index in [2.05, 4.69) is 125 Å². The highest BCUT2D eigenvalue weighted by atomic mass is 16.3. The summed E-state index contributed by atoms with van der Waals surface area (Å²) in [5, 5.41) is 5.98. The van der Waals surface area contributed by atoms with Crippen molar-refractivity contribution in [3.8, 4) is 11.1 Å². The van der Waals surface area contributed by atoms with Gasteiger partial charge >= 0.3 is 0 Å². The van der Waals surface area contributed by atoms with Crippen LogP contribution in [-0.4, -0.2) is 4.98 Å². The van der Waals surface area contributed by atoms with E-state index in [0.29, 0.717) is 0 Å². The van der Waals surface area contributed by atoms with E-state index in [1.54, 1.807) is 0 Å². The maximum Gasteiger partial charge on any atom is 0.153 e. The first-order chi connectivity index (χ1) is 19.8. The van der Waals surface area contributed by atoms with E-state index in [1.165, 1.54) is 32.7 Å². The number of aromatic nitrogens is 1. The molecule has 2 heterocycles. The fraction of sp³-hybridized carbons (Fsp3) is 0. The van der Waals surface area contributed by atoms with Gasteiger partial charge in [0, 0.05) is 28.6 Å². The molecule has 0 aliphatic carbocycles. The predicted octanol–water partition coefficient (Wildman–Crippen LogP) is 10.4. The summed E-state index contributed by atoms with van der Waals surface area (Å²) < 4.78 is 6.08. The van der Waals surface area contributed by atoms with Gasteiger partial charge in [-0.1, -0.05) is 84.9 Å². The first-order valence-corrected chi connectivity index (χ1v) is 13.5. The number of nitrogens with zero attached hydrogens (tertiary/aromatic N) is 2. The van der Waals surface area contributed by atoms with Crippen molar-refractivity contribution >= 4 is 60.7 Å². The van der Waals surface area contributed by atoms with E-state index < -0.39 is 0 Å². The van der Waals surface area contributed by atoms with Gasteiger partial charge < -0.3 is 9.32 Å². The summed E-state index contributed by atoms with van der Waals surface area (Å²) in [7, 11) is 0. The maximum atomic E-state index is 6.08. The molecular weight excluding hydrogens is 488 g/mol. The van der Waals surface area contributed by atoms with Gasteiger partial charge in [0.05, 0.1) is 0 Å². The lowest BCUT2D eigenvalue weighted by Crippen LogP contribution is -2.09. The number of benzene rings is 6. The van der Waals surface area contributed by atoms with Gasteiger partial charge in [0.15, 0.2) is 5.58 Å². The van der Waals surface area contributed by atoms with Crippen LogP contribution in [0.5, 0.6) is 0 Å². The van der Waals surface area contributed by atoms with E-state index in [1.807, 2.05) is 30.5 Å². The molecule has 3 nitrogen and oxygen atoms in total. The number of anilines is 3. The van der Waals surface area contributed by atoms with Gasteiger partial charge in [-0.2, -0.15) is 0 Å². The van der Waals surface area contributed by atoms with Crippen LogP contribution in [0.1, 0.15) is 0 Å². The summed E-state index contributed by atoms with van der Waals surface area (Å²) >= 11 is 0. The third-order valence-electron chi connectivity index (χ3n) is 7.69. The molecule has 0 aliphatic rings. The van der Waals surface area contributed by atoms with Crippen molar-refractivity contribution in [3.05, 3.63) is 146 Å². The summed E-state index contributed by atoms with van der Waals surface area (Å²) in [5.74, 6) is 0. The van der Waals surface area contributed by atoms with E-state index in [0.717, 1.165) is 39.1 Å². The van der Waals surface area contributed by atoms with Crippen molar-refractivity contribution in [2.24, 2.45) is 0 Å². The van der Waals surface area contributed by atoms with Gasteiger partial charge in [-0.25, -0.2) is 0 Å². The summed E-state index contributed by atoms with van der Waals surface area (Å²) in [4.78, 5) is 6.93. The van der Waals surface area contributed by atoms with E-state index in [-0.39, 0.29) is 0 Å². The molecule has 8 aromatic rings. The van der Waals surface area contributed by atoms with Gasteiger partial charge in [-0.3, -0.25) is 4.98 Å². The average molecular weight is 513 g/mol. The third-order valence-corrected chi connectivity index (χ3v) is 7.69. The molecule has 40 heavy (non-hydrogen) atoms. The molecule has 188 valence electrons. The standard InChI is InChI=1S/C37H24N2O/c1-2-7-25(8-3-1)26-14-16-29(17-15-26)39(31-19-21-35-34(24-31)37-36(40-35)11-6-22-38-37)30-18-20-33-28(23-30)13-12-27-9-4-5-10-32(27)33/h1-24H. The van der Waals surface area contributed by atoms with Crippen molar-refractivity contribution in [1.82, 2.24) is 4.98 Å². The molecule has 0 aliphatic heterocycles. The Morgan fingerprint density at radius 2 is 1.15 bits per heavy atom. The van der Waals surface area contributed by atoms with Crippen molar-refractivity contribution < 1.29 is 4.42 Å². The van der Waals surface area contributed by atoms with Crippen molar-refractivity contribution in [1.29, 1.82) is 0 Å². The lowest BCUT2D eigenvalue weighted by molar-refractivity contribution is 0.668. The van der Waals surface area contributed by atoms with Crippen LogP contribution in [0.15, 0.2) is 150 Å². The summed E-state index contributed by atoms with van der Waals surface area (Å²) in [6, 6.07) is 49.2. The average Bonchev–Trinajstić information content (AvgIpc) is 3.40. The predicted molar refractivity (Wildman–Crippen MR) is 167 cm³/mol. The van der Waals surface area contributed by atoms with Crippen LogP contribution in [0.25, 0.3) is 54.7 Å². The molecule has 0 fully saturated rings. The molecule has 6 aromatic carbocycles. The molecule has 3 heteroatoms. The smallest absolute Gasteiger partial charge is 0.153 e. The zero-order chi connectivity index (χ0) is 26.5. The summed E-state index contributed by atoms with van der Waals surface area (Å²) in [6.07, 6.45) is 1.82. The Morgan fingerprint density at radius 1 is 0.450 bits per heavy atom. The number of hydrogen-bond acceptors (Lipinski definition) is 3. The number of fused-ring (bicyclic) bond motifs is 6. The third kappa shape index (κ3) is 3.71.